The van der Waals surface area contributed by atoms with Crippen LogP contribution < -0.4 is 5.32 Å². The van der Waals surface area contributed by atoms with Crippen molar-refractivity contribution in [2.75, 3.05) is 0 Å². The minimum Gasteiger partial charge on any atom is -0.481 e. The fourth-order valence-electron chi connectivity index (χ4n) is 1.62. The second-order valence-electron chi connectivity index (χ2n) is 5.92. The zero-order valence-corrected chi connectivity index (χ0v) is 12.4. The van der Waals surface area contributed by atoms with Gasteiger partial charge < -0.3 is 10.4 Å². The number of nitrogens with one attached hydrogen (secondary N) is 2. The Hall–Kier alpha value is -1.92. The summed E-state index contributed by atoms with van der Waals surface area (Å²) in [6, 6.07) is -0.113. The molecule has 1 aromatic rings. The lowest BCUT2D eigenvalue weighted by Gasteiger charge is -2.13. The van der Waals surface area contributed by atoms with Gasteiger partial charge in [0.15, 0.2) is 0 Å². The van der Waals surface area contributed by atoms with E-state index in [1.807, 2.05) is 27.7 Å². The summed E-state index contributed by atoms with van der Waals surface area (Å²) in [5.74, 6) is -0.409. The molecule has 0 fully saturated rings. The Balaban J connectivity index is 2.50. The molecular weight excluding hydrogens is 260 g/mol. The summed E-state index contributed by atoms with van der Waals surface area (Å²) in [5.41, 5.74) is -0.196. The number of aromatic nitrogens is 3. The van der Waals surface area contributed by atoms with Crippen LogP contribution in [0.4, 0.5) is 0 Å². The maximum Gasteiger partial charge on any atom is 0.303 e. The summed E-state index contributed by atoms with van der Waals surface area (Å²) in [7, 11) is 0. The largest absolute Gasteiger partial charge is 0.481 e. The molecule has 7 heteroatoms. The molecule has 1 heterocycles. The first-order chi connectivity index (χ1) is 9.20. The lowest BCUT2D eigenvalue weighted by Crippen LogP contribution is -2.33. The predicted octanol–water partition coefficient (Wildman–Crippen LogP) is 1.48. The van der Waals surface area contributed by atoms with Crippen molar-refractivity contribution >= 4 is 11.9 Å². The summed E-state index contributed by atoms with van der Waals surface area (Å²) in [5, 5.41) is 18.0. The highest BCUT2D eigenvalue weighted by atomic mass is 16.4. The van der Waals surface area contributed by atoms with Crippen molar-refractivity contribution in [2.24, 2.45) is 0 Å². The molecule has 0 aromatic carbocycles. The first-order valence-corrected chi connectivity index (χ1v) is 6.65. The van der Waals surface area contributed by atoms with E-state index in [-0.39, 0.29) is 29.6 Å². The van der Waals surface area contributed by atoms with Crippen molar-refractivity contribution in [1.29, 1.82) is 0 Å². The molecule has 1 rings (SSSR count). The number of carbonyl (C=O) groups is 2. The van der Waals surface area contributed by atoms with Crippen LogP contribution in [0.1, 0.15) is 63.4 Å². The van der Waals surface area contributed by atoms with Crippen LogP contribution in [0.2, 0.25) is 0 Å². The van der Waals surface area contributed by atoms with Gasteiger partial charge in [-0.05, 0) is 19.8 Å². The fraction of sp³-hybridized carbons (Fsp3) is 0.692. The Morgan fingerprint density at radius 3 is 2.55 bits per heavy atom. The van der Waals surface area contributed by atoms with Gasteiger partial charge in [0, 0.05) is 17.9 Å². The van der Waals surface area contributed by atoms with Crippen molar-refractivity contribution < 1.29 is 14.7 Å². The third-order valence-corrected chi connectivity index (χ3v) is 2.80. The molecule has 0 saturated carbocycles. The van der Waals surface area contributed by atoms with Crippen molar-refractivity contribution in [3.63, 3.8) is 0 Å². The van der Waals surface area contributed by atoms with Gasteiger partial charge in [0.1, 0.15) is 5.82 Å². The predicted molar refractivity (Wildman–Crippen MR) is 73.5 cm³/mol. The van der Waals surface area contributed by atoms with Gasteiger partial charge in [0.25, 0.3) is 5.91 Å². The van der Waals surface area contributed by atoms with Crippen molar-refractivity contribution in [2.45, 2.75) is 58.4 Å². The van der Waals surface area contributed by atoms with Gasteiger partial charge >= 0.3 is 5.97 Å². The Labute approximate surface area is 118 Å². The second-order valence-corrected chi connectivity index (χ2v) is 5.92. The van der Waals surface area contributed by atoms with Crippen LogP contribution in [0.5, 0.6) is 0 Å². The SMILES string of the molecule is CC(CCCC(=O)O)NC(=O)c1n[nH]c(C(C)(C)C)n1. The minimum atomic E-state index is -0.827. The monoisotopic (exact) mass is 282 g/mol. The molecule has 112 valence electrons. The first kappa shape index (κ1) is 16.1. The van der Waals surface area contributed by atoms with Crippen LogP contribution in [0.3, 0.4) is 0 Å². The van der Waals surface area contributed by atoms with Gasteiger partial charge in [0.2, 0.25) is 5.82 Å². The fourth-order valence-corrected chi connectivity index (χ4v) is 1.62. The standard InChI is InChI=1S/C13H22N4O3/c1-8(6-5-7-9(18)19)14-11(20)10-15-12(17-16-10)13(2,3)4/h8H,5-7H2,1-4H3,(H,14,20)(H,18,19)(H,15,16,17). The number of hydrogen-bond acceptors (Lipinski definition) is 4. The molecule has 0 spiro atoms. The van der Waals surface area contributed by atoms with E-state index >= 15 is 0 Å². The number of aliphatic carboxylic acids is 1. The molecule has 0 aliphatic carbocycles. The van der Waals surface area contributed by atoms with Gasteiger partial charge in [-0.25, -0.2) is 4.98 Å². The number of carbonyl (C=O) groups excluding carboxylic acids is 1. The van der Waals surface area contributed by atoms with E-state index in [2.05, 4.69) is 20.5 Å². The third kappa shape index (κ3) is 4.99. The number of H-pyrrole nitrogens is 1. The maximum atomic E-state index is 11.9. The second kappa shape index (κ2) is 6.49. The number of carboxylic acid groups (broad SMARTS) is 1. The van der Waals surface area contributed by atoms with E-state index in [1.165, 1.54) is 0 Å². The highest BCUT2D eigenvalue weighted by Gasteiger charge is 2.21. The molecule has 0 bridgehead atoms. The lowest BCUT2D eigenvalue weighted by atomic mass is 9.96. The van der Waals surface area contributed by atoms with Crippen LogP contribution in [0.15, 0.2) is 0 Å². The molecule has 1 atom stereocenters. The molecule has 0 radical (unpaired) electrons. The van der Waals surface area contributed by atoms with E-state index in [1.54, 1.807) is 0 Å². The van der Waals surface area contributed by atoms with E-state index in [0.717, 1.165) is 0 Å². The smallest absolute Gasteiger partial charge is 0.303 e. The van der Waals surface area contributed by atoms with Crippen LogP contribution in [-0.2, 0) is 10.2 Å². The van der Waals surface area contributed by atoms with Crippen molar-refractivity contribution in [1.82, 2.24) is 20.5 Å². The zero-order valence-electron chi connectivity index (χ0n) is 12.4. The van der Waals surface area contributed by atoms with Gasteiger partial charge in [-0.2, -0.15) is 0 Å². The maximum absolute atomic E-state index is 11.9. The molecule has 0 aliphatic rings. The van der Waals surface area contributed by atoms with Gasteiger partial charge in [-0.3, -0.25) is 14.7 Å². The highest BCUT2D eigenvalue weighted by molar-refractivity contribution is 5.90. The Kier molecular flexibility index (Phi) is 5.24. The average Bonchev–Trinajstić information content (AvgIpc) is 2.76. The number of nitrogens with zero attached hydrogens (tertiary/aromatic N) is 2. The van der Waals surface area contributed by atoms with Crippen LogP contribution in [-0.4, -0.2) is 38.2 Å². The Morgan fingerprint density at radius 2 is 2.05 bits per heavy atom. The van der Waals surface area contributed by atoms with E-state index in [0.29, 0.717) is 18.7 Å². The molecule has 7 nitrogen and oxygen atoms in total. The van der Waals surface area contributed by atoms with Crippen molar-refractivity contribution in [3.8, 4) is 0 Å². The summed E-state index contributed by atoms with van der Waals surface area (Å²) >= 11 is 0. The number of hydrogen-bond donors (Lipinski definition) is 3. The van der Waals surface area contributed by atoms with Crippen LogP contribution in [0, 0.1) is 0 Å². The summed E-state index contributed by atoms with van der Waals surface area (Å²) < 4.78 is 0. The quantitative estimate of drug-likeness (QED) is 0.732. The van der Waals surface area contributed by atoms with E-state index < -0.39 is 5.97 Å². The molecule has 0 saturated heterocycles. The first-order valence-electron chi connectivity index (χ1n) is 6.65. The molecule has 1 amide bonds. The highest BCUT2D eigenvalue weighted by Crippen LogP contribution is 2.17. The number of amides is 1. The summed E-state index contributed by atoms with van der Waals surface area (Å²) in [6.07, 6.45) is 1.24. The van der Waals surface area contributed by atoms with Gasteiger partial charge in [-0.15, -0.1) is 5.10 Å². The molecule has 1 unspecified atom stereocenters. The molecule has 1 aromatic heterocycles. The normalized spacial score (nSPS) is 13.0. The summed E-state index contributed by atoms with van der Waals surface area (Å²) in [4.78, 5) is 26.5. The lowest BCUT2D eigenvalue weighted by molar-refractivity contribution is -0.137. The average molecular weight is 282 g/mol. The summed E-state index contributed by atoms with van der Waals surface area (Å²) in [6.45, 7) is 7.76. The minimum absolute atomic E-state index is 0.106. The molecule has 3 N–H and O–H groups in total. The van der Waals surface area contributed by atoms with Crippen molar-refractivity contribution in [3.05, 3.63) is 11.6 Å². The van der Waals surface area contributed by atoms with Crippen LogP contribution in [0.25, 0.3) is 0 Å². The van der Waals surface area contributed by atoms with Gasteiger partial charge in [-0.1, -0.05) is 20.8 Å². The number of carboxylic acids is 1. The topological polar surface area (TPSA) is 108 Å². The Morgan fingerprint density at radius 1 is 1.40 bits per heavy atom. The van der Waals surface area contributed by atoms with E-state index in [4.69, 9.17) is 5.11 Å². The number of aromatic amines is 1. The molecule has 0 aliphatic heterocycles. The number of rotatable bonds is 6. The van der Waals surface area contributed by atoms with E-state index in [9.17, 15) is 9.59 Å². The van der Waals surface area contributed by atoms with Crippen LogP contribution >= 0.6 is 0 Å². The zero-order chi connectivity index (χ0) is 15.3. The third-order valence-electron chi connectivity index (χ3n) is 2.80. The Bertz CT molecular complexity index is 476. The van der Waals surface area contributed by atoms with Gasteiger partial charge in [0.05, 0.1) is 0 Å². The molecular formula is C13H22N4O3. The molecule has 20 heavy (non-hydrogen) atoms.